The van der Waals surface area contributed by atoms with E-state index >= 15 is 0 Å². The van der Waals surface area contributed by atoms with E-state index in [0.29, 0.717) is 30.7 Å². The van der Waals surface area contributed by atoms with Gasteiger partial charge in [0.2, 0.25) is 11.8 Å². The van der Waals surface area contributed by atoms with Crippen LogP contribution in [-0.4, -0.2) is 71.8 Å². The van der Waals surface area contributed by atoms with E-state index in [1.165, 1.54) is 32.4 Å². The fourth-order valence-corrected chi connectivity index (χ4v) is 5.41. The van der Waals surface area contributed by atoms with Gasteiger partial charge in [0.1, 0.15) is 0 Å². The number of rotatable bonds is 6. The predicted molar refractivity (Wildman–Crippen MR) is 119 cm³/mol. The molecule has 3 aliphatic heterocycles. The third-order valence-corrected chi connectivity index (χ3v) is 7.24. The highest BCUT2D eigenvalue weighted by molar-refractivity contribution is 5.79. The fraction of sp³-hybridized carbons (Fsp3) is 0.680. The zero-order valence-corrected chi connectivity index (χ0v) is 18.3. The van der Waals surface area contributed by atoms with Crippen LogP contribution in [0.2, 0.25) is 0 Å². The lowest BCUT2D eigenvalue weighted by molar-refractivity contribution is -0.137. The molecule has 3 aliphatic rings. The Hall–Kier alpha value is -1.88. The summed E-state index contributed by atoms with van der Waals surface area (Å²) in [4.78, 5) is 32.5. The van der Waals surface area contributed by atoms with Gasteiger partial charge in [-0.15, -0.1) is 0 Å². The van der Waals surface area contributed by atoms with Gasteiger partial charge in [-0.2, -0.15) is 0 Å². The number of hydrogen-bond acceptors (Lipinski definition) is 3. The Labute approximate surface area is 181 Å². The van der Waals surface area contributed by atoms with Gasteiger partial charge < -0.3 is 14.7 Å². The second-order valence-electron chi connectivity index (χ2n) is 9.44. The molecule has 30 heavy (non-hydrogen) atoms. The first kappa shape index (κ1) is 21.4. The van der Waals surface area contributed by atoms with Crippen molar-refractivity contribution in [1.82, 2.24) is 14.7 Å². The Bertz CT molecular complexity index is 694. The Morgan fingerprint density at radius 2 is 1.50 bits per heavy atom. The minimum absolute atomic E-state index is 0.215. The SMILES string of the molecule is O=C(Cc1ccccc1)N1CCC(CC(=O)N2CCCCC2CN2CCCC2)CC1. The summed E-state index contributed by atoms with van der Waals surface area (Å²) in [5.41, 5.74) is 1.08. The highest BCUT2D eigenvalue weighted by atomic mass is 16.2. The summed E-state index contributed by atoms with van der Waals surface area (Å²) in [6.45, 7) is 5.99. The summed E-state index contributed by atoms with van der Waals surface area (Å²) in [5, 5.41) is 0. The van der Waals surface area contributed by atoms with Crippen molar-refractivity contribution >= 4 is 11.8 Å². The summed E-state index contributed by atoms with van der Waals surface area (Å²) < 4.78 is 0. The third kappa shape index (κ3) is 5.63. The molecule has 0 aromatic heterocycles. The Balaban J connectivity index is 1.23. The molecule has 4 rings (SSSR count). The summed E-state index contributed by atoms with van der Waals surface area (Å²) in [5.74, 6) is 0.994. The van der Waals surface area contributed by atoms with Crippen molar-refractivity contribution < 1.29 is 9.59 Å². The second kappa shape index (κ2) is 10.4. The first-order chi connectivity index (χ1) is 14.7. The van der Waals surface area contributed by atoms with Crippen molar-refractivity contribution in [3.8, 4) is 0 Å². The van der Waals surface area contributed by atoms with Crippen molar-refractivity contribution in [1.29, 1.82) is 0 Å². The van der Waals surface area contributed by atoms with Crippen LogP contribution in [0.15, 0.2) is 30.3 Å². The minimum Gasteiger partial charge on any atom is -0.342 e. The van der Waals surface area contributed by atoms with Crippen LogP contribution in [0.3, 0.4) is 0 Å². The summed E-state index contributed by atoms with van der Waals surface area (Å²) >= 11 is 0. The molecule has 5 heteroatoms. The van der Waals surface area contributed by atoms with E-state index in [4.69, 9.17) is 0 Å². The van der Waals surface area contributed by atoms with Crippen LogP contribution < -0.4 is 0 Å². The molecule has 0 aliphatic carbocycles. The van der Waals surface area contributed by atoms with Crippen molar-refractivity contribution in [3.63, 3.8) is 0 Å². The third-order valence-electron chi connectivity index (χ3n) is 7.24. The maximum absolute atomic E-state index is 13.1. The maximum Gasteiger partial charge on any atom is 0.226 e. The summed E-state index contributed by atoms with van der Waals surface area (Å²) in [6.07, 6.45) is 9.24. The Morgan fingerprint density at radius 3 is 2.23 bits per heavy atom. The fourth-order valence-electron chi connectivity index (χ4n) is 5.41. The molecule has 1 unspecified atom stereocenters. The van der Waals surface area contributed by atoms with Gasteiger partial charge in [-0.1, -0.05) is 30.3 Å². The lowest BCUT2D eigenvalue weighted by Crippen LogP contribution is -2.49. The molecule has 0 bridgehead atoms. The molecule has 1 atom stereocenters. The first-order valence-electron chi connectivity index (χ1n) is 12.0. The average Bonchev–Trinajstić information content (AvgIpc) is 3.28. The first-order valence-corrected chi connectivity index (χ1v) is 12.0. The van der Waals surface area contributed by atoms with E-state index < -0.39 is 0 Å². The summed E-state index contributed by atoms with van der Waals surface area (Å²) in [6, 6.07) is 10.4. The molecule has 0 radical (unpaired) electrons. The number of nitrogens with zero attached hydrogens (tertiary/aromatic N) is 3. The topological polar surface area (TPSA) is 43.9 Å². The number of carbonyl (C=O) groups excluding carboxylic acids is 2. The smallest absolute Gasteiger partial charge is 0.226 e. The highest BCUT2D eigenvalue weighted by Gasteiger charge is 2.31. The lowest BCUT2D eigenvalue weighted by Gasteiger charge is -2.39. The van der Waals surface area contributed by atoms with E-state index in [1.807, 2.05) is 35.2 Å². The van der Waals surface area contributed by atoms with Gasteiger partial charge in [0.15, 0.2) is 0 Å². The van der Waals surface area contributed by atoms with Crippen LogP contribution in [0.25, 0.3) is 0 Å². The van der Waals surface area contributed by atoms with Crippen LogP contribution in [0.4, 0.5) is 0 Å². The van der Waals surface area contributed by atoms with Crippen molar-refractivity contribution in [2.24, 2.45) is 5.92 Å². The largest absolute Gasteiger partial charge is 0.342 e. The molecular weight excluding hydrogens is 374 g/mol. The Morgan fingerprint density at radius 1 is 0.800 bits per heavy atom. The van der Waals surface area contributed by atoms with E-state index in [-0.39, 0.29) is 5.91 Å². The van der Waals surface area contributed by atoms with Crippen molar-refractivity contribution in [3.05, 3.63) is 35.9 Å². The molecule has 0 spiro atoms. The van der Waals surface area contributed by atoms with Gasteiger partial charge in [-0.3, -0.25) is 9.59 Å². The molecule has 164 valence electrons. The van der Waals surface area contributed by atoms with E-state index in [1.54, 1.807) is 0 Å². The maximum atomic E-state index is 13.1. The molecule has 2 amide bonds. The summed E-state index contributed by atoms with van der Waals surface area (Å²) in [7, 11) is 0. The number of hydrogen-bond donors (Lipinski definition) is 0. The van der Waals surface area contributed by atoms with Gasteiger partial charge in [0, 0.05) is 38.6 Å². The number of amides is 2. The number of likely N-dealkylation sites (tertiary alicyclic amines) is 3. The molecule has 3 heterocycles. The average molecular weight is 412 g/mol. The van der Waals surface area contributed by atoms with Crippen LogP contribution in [0, 0.1) is 5.92 Å². The van der Waals surface area contributed by atoms with Gasteiger partial charge in [0.25, 0.3) is 0 Å². The van der Waals surface area contributed by atoms with Crippen LogP contribution in [0.1, 0.15) is 56.9 Å². The predicted octanol–water partition coefficient (Wildman–Crippen LogP) is 3.33. The quantitative estimate of drug-likeness (QED) is 0.721. The molecule has 1 aromatic carbocycles. The standard InChI is InChI=1S/C25H37N3O2/c29-24(18-21-8-2-1-3-9-21)27-16-11-22(12-17-27)19-25(30)28-15-5-4-10-23(28)20-26-13-6-7-14-26/h1-3,8-9,22-23H,4-7,10-20H2. The number of carbonyl (C=O) groups is 2. The number of benzene rings is 1. The van der Waals surface area contributed by atoms with Crippen LogP contribution >= 0.6 is 0 Å². The zero-order chi connectivity index (χ0) is 20.8. The molecule has 3 saturated heterocycles. The monoisotopic (exact) mass is 411 g/mol. The molecule has 0 saturated carbocycles. The van der Waals surface area contributed by atoms with Gasteiger partial charge in [0.05, 0.1) is 6.42 Å². The molecule has 1 aromatic rings. The minimum atomic E-state index is 0.215. The van der Waals surface area contributed by atoms with Crippen LogP contribution in [0.5, 0.6) is 0 Å². The van der Waals surface area contributed by atoms with Crippen molar-refractivity contribution in [2.75, 3.05) is 39.3 Å². The normalized spacial score (nSPS) is 23.7. The molecule has 5 nitrogen and oxygen atoms in total. The van der Waals surface area contributed by atoms with E-state index in [0.717, 1.165) is 57.4 Å². The van der Waals surface area contributed by atoms with Gasteiger partial charge in [-0.25, -0.2) is 0 Å². The molecular formula is C25H37N3O2. The van der Waals surface area contributed by atoms with E-state index in [9.17, 15) is 9.59 Å². The van der Waals surface area contributed by atoms with E-state index in [2.05, 4.69) is 9.80 Å². The zero-order valence-electron chi connectivity index (χ0n) is 18.3. The molecule has 0 N–H and O–H groups in total. The Kier molecular flexibility index (Phi) is 7.42. The molecule has 3 fully saturated rings. The van der Waals surface area contributed by atoms with Crippen LogP contribution in [-0.2, 0) is 16.0 Å². The second-order valence-corrected chi connectivity index (χ2v) is 9.44. The van der Waals surface area contributed by atoms with Gasteiger partial charge in [-0.05, 0) is 69.5 Å². The van der Waals surface area contributed by atoms with Gasteiger partial charge >= 0.3 is 0 Å². The number of piperidine rings is 2. The lowest BCUT2D eigenvalue weighted by atomic mass is 9.91. The highest BCUT2D eigenvalue weighted by Crippen LogP contribution is 2.26. The van der Waals surface area contributed by atoms with Crippen molar-refractivity contribution in [2.45, 2.75) is 63.8 Å².